The van der Waals surface area contributed by atoms with Crippen LogP contribution in [0.4, 0.5) is 0 Å². The number of imidazole rings is 1. The lowest BCUT2D eigenvalue weighted by Gasteiger charge is -2.30. The maximum atomic E-state index is 12.0. The number of aryl methyl sites for hydroxylation is 1. The van der Waals surface area contributed by atoms with Crippen molar-refractivity contribution >= 4 is 22.4 Å². The maximum absolute atomic E-state index is 12.0. The third kappa shape index (κ3) is 3.44. The number of aromatic nitrogens is 2. The summed E-state index contributed by atoms with van der Waals surface area (Å²) in [5.41, 5.74) is 0. The van der Waals surface area contributed by atoms with Gasteiger partial charge in [0.2, 0.25) is 0 Å². The minimum absolute atomic E-state index is 0. The number of halogens is 1. The first-order chi connectivity index (χ1) is 7.99. The molecule has 2 N–H and O–H groups in total. The molecule has 8 heteroatoms. The van der Waals surface area contributed by atoms with E-state index in [-0.39, 0.29) is 29.5 Å². The molecule has 2 unspecified atom stereocenters. The van der Waals surface area contributed by atoms with Gasteiger partial charge in [0.25, 0.3) is 10.0 Å². The monoisotopic (exact) mass is 294 g/mol. The van der Waals surface area contributed by atoms with Gasteiger partial charge >= 0.3 is 0 Å². The van der Waals surface area contributed by atoms with E-state index in [1.807, 2.05) is 6.92 Å². The summed E-state index contributed by atoms with van der Waals surface area (Å²) in [6.45, 7) is 2.94. The topological polar surface area (TPSA) is 76.0 Å². The van der Waals surface area contributed by atoms with E-state index in [0.717, 1.165) is 19.4 Å². The zero-order valence-corrected chi connectivity index (χ0v) is 12.1. The molecule has 0 saturated carbocycles. The summed E-state index contributed by atoms with van der Waals surface area (Å²) in [4.78, 5) is 3.87. The Balaban J connectivity index is 0.00000162. The third-order valence-electron chi connectivity index (χ3n) is 3.02. The van der Waals surface area contributed by atoms with E-state index >= 15 is 0 Å². The summed E-state index contributed by atoms with van der Waals surface area (Å²) < 4.78 is 28.4. The molecule has 18 heavy (non-hydrogen) atoms. The van der Waals surface area contributed by atoms with E-state index in [4.69, 9.17) is 0 Å². The number of piperidine rings is 1. The van der Waals surface area contributed by atoms with Crippen molar-refractivity contribution in [2.24, 2.45) is 7.05 Å². The molecular formula is C10H19ClN4O2S. The smallest absolute Gasteiger partial charge is 0.259 e. The highest BCUT2D eigenvalue weighted by Gasteiger charge is 2.27. The van der Waals surface area contributed by atoms with Crippen molar-refractivity contribution in [3.63, 3.8) is 0 Å². The standard InChI is InChI=1S/C10H18N4O2S.ClH/c1-8-9(4-3-5-11-8)13-17(15,16)10-6-14(2)7-12-10;/h6-9,11,13H,3-5H2,1-2H3;1H. The second kappa shape index (κ2) is 6.01. The highest BCUT2D eigenvalue weighted by Crippen LogP contribution is 2.12. The Morgan fingerprint density at radius 3 is 2.83 bits per heavy atom. The average Bonchev–Trinajstić information content (AvgIpc) is 2.69. The zero-order valence-electron chi connectivity index (χ0n) is 10.5. The van der Waals surface area contributed by atoms with E-state index in [0.29, 0.717) is 0 Å². The number of hydrogen-bond acceptors (Lipinski definition) is 4. The molecule has 0 aliphatic carbocycles. The van der Waals surface area contributed by atoms with Gasteiger partial charge in [0.05, 0.1) is 6.33 Å². The molecule has 1 aromatic heterocycles. The summed E-state index contributed by atoms with van der Waals surface area (Å²) >= 11 is 0. The summed E-state index contributed by atoms with van der Waals surface area (Å²) in [7, 11) is -1.75. The Labute approximate surface area is 114 Å². The van der Waals surface area contributed by atoms with Crippen molar-refractivity contribution in [2.45, 2.75) is 36.9 Å². The van der Waals surface area contributed by atoms with Crippen molar-refractivity contribution < 1.29 is 8.42 Å². The van der Waals surface area contributed by atoms with Crippen molar-refractivity contribution in [1.82, 2.24) is 19.6 Å². The van der Waals surface area contributed by atoms with Crippen LogP contribution in [0, 0.1) is 0 Å². The lowest BCUT2D eigenvalue weighted by Crippen LogP contribution is -2.51. The largest absolute Gasteiger partial charge is 0.339 e. The van der Waals surface area contributed by atoms with Crippen LogP contribution >= 0.6 is 12.4 Å². The summed E-state index contributed by atoms with van der Waals surface area (Å²) in [6.07, 6.45) is 4.83. The van der Waals surface area contributed by atoms with Crippen molar-refractivity contribution in [2.75, 3.05) is 6.54 Å². The molecule has 0 spiro atoms. The normalized spacial score (nSPS) is 24.6. The van der Waals surface area contributed by atoms with Crippen LogP contribution in [0.25, 0.3) is 0 Å². The molecule has 0 bridgehead atoms. The van der Waals surface area contributed by atoms with E-state index < -0.39 is 10.0 Å². The molecule has 0 amide bonds. The van der Waals surface area contributed by atoms with Gasteiger partial charge in [0, 0.05) is 25.3 Å². The SMILES string of the molecule is CC1NCCCC1NS(=O)(=O)c1cn(C)cn1.Cl. The maximum Gasteiger partial charge on any atom is 0.259 e. The fourth-order valence-electron chi connectivity index (χ4n) is 1.99. The quantitative estimate of drug-likeness (QED) is 0.838. The van der Waals surface area contributed by atoms with Gasteiger partial charge in [-0.3, -0.25) is 0 Å². The Kier molecular flexibility index (Phi) is 5.15. The van der Waals surface area contributed by atoms with Crippen molar-refractivity contribution in [3.8, 4) is 0 Å². The number of nitrogens with one attached hydrogen (secondary N) is 2. The molecule has 6 nitrogen and oxygen atoms in total. The van der Waals surface area contributed by atoms with E-state index in [9.17, 15) is 8.42 Å². The Morgan fingerprint density at radius 2 is 2.28 bits per heavy atom. The van der Waals surface area contributed by atoms with E-state index in [1.165, 1.54) is 12.5 Å². The minimum atomic E-state index is -3.49. The molecular weight excluding hydrogens is 276 g/mol. The molecule has 1 aliphatic rings. The van der Waals surface area contributed by atoms with Crippen molar-refractivity contribution in [3.05, 3.63) is 12.5 Å². The van der Waals surface area contributed by atoms with Crippen molar-refractivity contribution in [1.29, 1.82) is 0 Å². The first kappa shape index (κ1) is 15.4. The van der Waals surface area contributed by atoms with Gasteiger partial charge in [0.15, 0.2) is 5.03 Å². The highest BCUT2D eigenvalue weighted by molar-refractivity contribution is 7.89. The number of hydrogen-bond donors (Lipinski definition) is 2. The van der Waals surface area contributed by atoms with Gasteiger partial charge in [0.1, 0.15) is 0 Å². The van der Waals surface area contributed by atoms with Crippen LogP contribution in [0.3, 0.4) is 0 Å². The number of nitrogens with zero attached hydrogens (tertiary/aromatic N) is 2. The number of sulfonamides is 1. The van der Waals surface area contributed by atoms with Gasteiger partial charge < -0.3 is 9.88 Å². The number of rotatable bonds is 3. The molecule has 0 radical (unpaired) electrons. The van der Waals surface area contributed by atoms with Crippen LogP contribution in [0.1, 0.15) is 19.8 Å². The third-order valence-corrected chi connectivity index (χ3v) is 4.40. The lowest BCUT2D eigenvalue weighted by molar-refractivity contribution is 0.348. The fraction of sp³-hybridized carbons (Fsp3) is 0.700. The molecule has 1 aliphatic heterocycles. The summed E-state index contributed by atoms with van der Waals surface area (Å²) in [5, 5.41) is 3.34. The average molecular weight is 295 g/mol. The summed E-state index contributed by atoms with van der Waals surface area (Å²) in [5.74, 6) is 0. The van der Waals surface area contributed by atoms with Crippen LogP contribution in [-0.4, -0.2) is 36.6 Å². The lowest BCUT2D eigenvalue weighted by atomic mass is 10.0. The minimum Gasteiger partial charge on any atom is -0.339 e. The predicted octanol–water partition coefficient (Wildman–Crippen LogP) is 0.261. The van der Waals surface area contributed by atoms with Gasteiger partial charge in [-0.2, -0.15) is 0 Å². The molecule has 2 atom stereocenters. The van der Waals surface area contributed by atoms with Gasteiger partial charge in [-0.15, -0.1) is 12.4 Å². The highest BCUT2D eigenvalue weighted by atomic mass is 35.5. The second-order valence-electron chi connectivity index (χ2n) is 4.49. The van der Waals surface area contributed by atoms with E-state index in [1.54, 1.807) is 11.6 Å². The van der Waals surface area contributed by atoms with Gasteiger partial charge in [-0.05, 0) is 26.3 Å². The molecule has 0 aromatic carbocycles. The van der Waals surface area contributed by atoms with Crippen LogP contribution in [-0.2, 0) is 17.1 Å². The van der Waals surface area contributed by atoms with E-state index in [2.05, 4.69) is 15.0 Å². The first-order valence-corrected chi connectivity index (χ1v) is 7.21. The zero-order chi connectivity index (χ0) is 12.5. The van der Waals surface area contributed by atoms with Crippen LogP contribution in [0.5, 0.6) is 0 Å². The summed E-state index contributed by atoms with van der Waals surface area (Å²) in [6, 6.07) is 0.0954. The van der Waals surface area contributed by atoms with Gasteiger partial charge in [-0.25, -0.2) is 18.1 Å². The molecule has 104 valence electrons. The second-order valence-corrected chi connectivity index (χ2v) is 6.15. The first-order valence-electron chi connectivity index (χ1n) is 5.73. The van der Waals surface area contributed by atoms with Gasteiger partial charge in [-0.1, -0.05) is 0 Å². The molecule has 1 fully saturated rings. The molecule has 1 saturated heterocycles. The molecule has 1 aromatic rings. The molecule has 2 rings (SSSR count). The fourth-order valence-corrected chi connectivity index (χ4v) is 3.32. The predicted molar refractivity (Wildman–Crippen MR) is 71.3 cm³/mol. The van der Waals surface area contributed by atoms with Crippen LogP contribution in [0.2, 0.25) is 0 Å². The molecule has 2 heterocycles. The Bertz CT molecular complexity index is 488. The Hall–Kier alpha value is -0.630. The van der Waals surface area contributed by atoms with Crippen LogP contribution in [0.15, 0.2) is 17.6 Å². The van der Waals surface area contributed by atoms with Crippen LogP contribution < -0.4 is 10.0 Å². The Morgan fingerprint density at radius 1 is 1.56 bits per heavy atom.